The molecule has 1 atom stereocenters. The van der Waals surface area contributed by atoms with Gasteiger partial charge in [-0.1, -0.05) is 11.8 Å². The first-order valence-electron chi connectivity index (χ1n) is 8.31. The molecular weight excluding hydrogens is 360 g/mol. The summed E-state index contributed by atoms with van der Waals surface area (Å²) in [5.41, 5.74) is 6.76. The predicted octanol–water partition coefficient (Wildman–Crippen LogP) is 2.72. The van der Waals surface area contributed by atoms with Crippen molar-refractivity contribution < 1.29 is 9.47 Å². The van der Waals surface area contributed by atoms with Crippen LogP contribution in [0, 0.1) is 5.92 Å². The molecule has 2 aromatic rings. The van der Waals surface area contributed by atoms with E-state index in [-0.39, 0.29) is 12.4 Å². The number of benzene rings is 1. The lowest BCUT2D eigenvalue weighted by atomic mass is 10.1. The molecule has 1 aliphatic heterocycles. The Balaban J connectivity index is 0.00000225. The molecule has 6 nitrogen and oxygen atoms in total. The van der Waals surface area contributed by atoms with Crippen molar-refractivity contribution in [1.29, 1.82) is 0 Å². The quantitative estimate of drug-likeness (QED) is 0.740. The summed E-state index contributed by atoms with van der Waals surface area (Å²) in [6, 6.07) is 7.95. The Morgan fingerprint density at radius 3 is 2.76 bits per heavy atom. The van der Waals surface area contributed by atoms with E-state index in [4.69, 9.17) is 15.2 Å². The molecule has 0 amide bonds. The van der Waals surface area contributed by atoms with Crippen LogP contribution >= 0.6 is 24.2 Å². The van der Waals surface area contributed by atoms with E-state index in [1.165, 1.54) is 6.42 Å². The smallest absolute Gasteiger partial charge is 0.195 e. The van der Waals surface area contributed by atoms with Crippen molar-refractivity contribution in [1.82, 2.24) is 14.8 Å². The van der Waals surface area contributed by atoms with E-state index in [1.807, 2.05) is 24.3 Å². The number of methoxy groups -OCH3 is 1. The van der Waals surface area contributed by atoms with Crippen LogP contribution in [0.3, 0.4) is 0 Å². The molecule has 1 aromatic carbocycles. The van der Waals surface area contributed by atoms with Crippen molar-refractivity contribution >= 4 is 24.2 Å². The first-order chi connectivity index (χ1) is 11.8. The Bertz CT molecular complexity index is 645. The number of halogens is 1. The molecular formula is C17H25ClN4O2S. The van der Waals surface area contributed by atoms with Gasteiger partial charge in [-0.05, 0) is 49.6 Å². The zero-order chi connectivity index (χ0) is 16.8. The summed E-state index contributed by atoms with van der Waals surface area (Å²) in [6.07, 6.45) is 3.07. The summed E-state index contributed by atoms with van der Waals surface area (Å²) >= 11 is 1.74. The second-order valence-corrected chi connectivity index (χ2v) is 6.85. The normalized spacial score (nSPS) is 17.1. The molecule has 1 fully saturated rings. The molecule has 2 N–H and O–H groups in total. The maximum atomic E-state index is 5.73. The Morgan fingerprint density at radius 2 is 2.12 bits per heavy atom. The van der Waals surface area contributed by atoms with Gasteiger partial charge in [0, 0.05) is 24.5 Å². The van der Waals surface area contributed by atoms with Gasteiger partial charge in [-0.15, -0.1) is 22.6 Å². The number of aromatic nitrogens is 3. The van der Waals surface area contributed by atoms with Gasteiger partial charge in [0.15, 0.2) is 5.16 Å². The van der Waals surface area contributed by atoms with Crippen molar-refractivity contribution in [3.63, 3.8) is 0 Å². The van der Waals surface area contributed by atoms with Crippen LogP contribution in [0.4, 0.5) is 0 Å². The molecule has 1 aromatic heterocycles. The average Bonchev–Trinajstić information content (AvgIpc) is 3.04. The van der Waals surface area contributed by atoms with Crippen LogP contribution in [-0.4, -0.2) is 47.4 Å². The second-order valence-electron chi connectivity index (χ2n) is 5.87. The lowest BCUT2D eigenvalue weighted by Gasteiger charge is -2.21. The Kier molecular flexibility index (Phi) is 8.02. The Morgan fingerprint density at radius 1 is 1.32 bits per heavy atom. The van der Waals surface area contributed by atoms with Gasteiger partial charge in [-0.25, -0.2) is 0 Å². The lowest BCUT2D eigenvalue weighted by molar-refractivity contribution is 0.0632. The molecule has 0 aliphatic carbocycles. The maximum Gasteiger partial charge on any atom is 0.195 e. The van der Waals surface area contributed by atoms with E-state index in [1.54, 1.807) is 18.9 Å². The SMILES string of the molecule is COc1ccc(-n2c(CCN)nnc2SCC2CCCOC2)cc1.Cl. The van der Waals surface area contributed by atoms with Gasteiger partial charge in [0.05, 0.1) is 13.7 Å². The fourth-order valence-corrected chi connectivity index (χ4v) is 3.89. The van der Waals surface area contributed by atoms with Crippen LogP contribution in [0.2, 0.25) is 0 Å². The number of thioether (sulfide) groups is 1. The van der Waals surface area contributed by atoms with Crippen LogP contribution < -0.4 is 10.5 Å². The number of hydrogen-bond donors (Lipinski definition) is 1. The highest BCUT2D eigenvalue weighted by molar-refractivity contribution is 7.99. The largest absolute Gasteiger partial charge is 0.497 e. The number of hydrogen-bond acceptors (Lipinski definition) is 6. The predicted molar refractivity (Wildman–Crippen MR) is 102 cm³/mol. The fraction of sp³-hybridized carbons (Fsp3) is 0.529. The van der Waals surface area contributed by atoms with E-state index >= 15 is 0 Å². The number of ether oxygens (including phenoxy) is 2. The minimum absolute atomic E-state index is 0. The van der Waals surface area contributed by atoms with Crippen LogP contribution in [0.15, 0.2) is 29.4 Å². The van der Waals surface area contributed by atoms with Gasteiger partial charge in [-0.3, -0.25) is 4.57 Å². The van der Waals surface area contributed by atoms with Crippen molar-refractivity contribution in [2.24, 2.45) is 11.7 Å². The first kappa shape index (κ1) is 20.0. The average molecular weight is 385 g/mol. The van der Waals surface area contributed by atoms with Gasteiger partial charge < -0.3 is 15.2 Å². The van der Waals surface area contributed by atoms with E-state index in [0.717, 1.165) is 47.8 Å². The third kappa shape index (κ3) is 5.10. The van der Waals surface area contributed by atoms with Gasteiger partial charge in [0.25, 0.3) is 0 Å². The van der Waals surface area contributed by atoms with Crippen LogP contribution in [0.25, 0.3) is 5.69 Å². The Labute approximate surface area is 158 Å². The summed E-state index contributed by atoms with van der Waals surface area (Å²) in [5, 5.41) is 9.64. The number of rotatable bonds is 7. The molecule has 8 heteroatoms. The number of nitrogens with two attached hydrogens (primary N) is 1. The third-order valence-electron chi connectivity index (χ3n) is 4.10. The van der Waals surface area contributed by atoms with E-state index < -0.39 is 0 Å². The topological polar surface area (TPSA) is 75.2 Å². The van der Waals surface area contributed by atoms with E-state index in [2.05, 4.69) is 14.8 Å². The highest BCUT2D eigenvalue weighted by atomic mass is 35.5. The molecule has 3 rings (SSSR count). The summed E-state index contributed by atoms with van der Waals surface area (Å²) in [7, 11) is 1.67. The maximum absolute atomic E-state index is 5.73. The lowest BCUT2D eigenvalue weighted by Crippen LogP contribution is -2.19. The van der Waals surface area contributed by atoms with E-state index in [9.17, 15) is 0 Å². The second kappa shape index (κ2) is 10.0. The van der Waals surface area contributed by atoms with Crippen LogP contribution in [-0.2, 0) is 11.2 Å². The van der Waals surface area contributed by atoms with Gasteiger partial charge >= 0.3 is 0 Å². The zero-order valence-corrected chi connectivity index (χ0v) is 16.0. The van der Waals surface area contributed by atoms with Crippen molar-refractivity contribution in [2.45, 2.75) is 24.4 Å². The highest BCUT2D eigenvalue weighted by Gasteiger charge is 2.18. The molecule has 0 radical (unpaired) electrons. The van der Waals surface area contributed by atoms with Gasteiger partial charge in [0.1, 0.15) is 11.6 Å². The molecule has 1 saturated heterocycles. The highest BCUT2D eigenvalue weighted by Crippen LogP contribution is 2.27. The van der Waals surface area contributed by atoms with Gasteiger partial charge in [-0.2, -0.15) is 0 Å². The van der Waals surface area contributed by atoms with Gasteiger partial charge in [0.2, 0.25) is 0 Å². The minimum atomic E-state index is 0. The van der Waals surface area contributed by atoms with Crippen molar-refractivity contribution in [3.8, 4) is 11.4 Å². The molecule has 2 heterocycles. The molecule has 1 unspecified atom stereocenters. The fourth-order valence-electron chi connectivity index (χ4n) is 2.81. The summed E-state index contributed by atoms with van der Waals surface area (Å²) in [6.45, 7) is 2.29. The van der Waals surface area contributed by atoms with E-state index in [0.29, 0.717) is 18.9 Å². The molecule has 0 saturated carbocycles. The third-order valence-corrected chi connectivity index (χ3v) is 5.26. The molecule has 0 bridgehead atoms. The molecule has 1 aliphatic rings. The van der Waals surface area contributed by atoms with Crippen molar-refractivity contribution in [3.05, 3.63) is 30.1 Å². The molecule has 0 spiro atoms. The summed E-state index contributed by atoms with van der Waals surface area (Å²) in [4.78, 5) is 0. The van der Waals surface area contributed by atoms with Crippen LogP contribution in [0.5, 0.6) is 5.75 Å². The standard InChI is InChI=1S/C17H24N4O2S.ClH/c1-22-15-6-4-14(5-7-15)21-16(8-9-18)19-20-17(21)24-12-13-3-2-10-23-11-13;/h4-7,13H,2-3,8-12,18H2,1H3;1H. The number of nitrogens with zero attached hydrogens (tertiary/aromatic N) is 3. The first-order valence-corrected chi connectivity index (χ1v) is 9.29. The van der Waals surface area contributed by atoms with Crippen LogP contribution in [0.1, 0.15) is 18.7 Å². The summed E-state index contributed by atoms with van der Waals surface area (Å²) in [5.74, 6) is 3.31. The summed E-state index contributed by atoms with van der Waals surface area (Å²) < 4.78 is 12.9. The molecule has 25 heavy (non-hydrogen) atoms. The van der Waals surface area contributed by atoms with Crippen molar-refractivity contribution in [2.75, 3.05) is 32.6 Å². The molecule has 138 valence electrons. The minimum Gasteiger partial charge on any atom is -0.497 e. The Hall–Kier alpha value is -1.28. The zero-order valence-electron chi connectivity index (χ0n) is 14.4. The monoisotopic (exact) mass is 384 g/mol.